The molecule has 0 fully saturated rings. The second-order valence-corrected chi connectivity index (χ2v) is 3.59. The molecule has 1 heteroatoms. The highest BCUT2D eigenvalue weighted by atomic mass is 16.1. The normalized spacial score (nSPS) is 19.6. The Morgan fingerprint density at radius 1 is 1.38 bits per heavy atom. The molecule has 66 valence electrons. The summed E-state index contributed by atoms with van der Waals surface area (Å²) in [6.07, 6.45) is 6.43. The third kappa shape index (κ3) is 1.55. The van der Waals surface area contributed by atoms with Crippen molar-refractivity contribution in [1.29, 1.82) is 0 Å². The van der Waals surface area contributed by atoms with Crippen molar-refractivity contribution in [2.75, 3.05) is 0 Å². The van der Waals surface area contributed by atoms with Gasteiger partial charge in [-0.05, 0) is 28.8 Å². The number of rotatable bonds is 1. The van der Waals surface area contributed by atoms with E-state index in [1.165, 1.54) is 10.4 Å². The topological polar surface area (TPSA) is 17.1 Å². The Labute approximate surface area is 77.4 Å². The van der Waals surface area contributed by atoms with Crippen molar-refractivity contribution < 1.29 is 4.79 Å². The summed E-state index contributed by atoms with van der Waals surface area (Å²) < 4.78 is 0. The van der Waals surface area contributed by atoms with E-state index >= 15 is 0 Å². The van der Waals surface area contributed by atoms with Crippen LogP contribution in [0.3, 0.4) is 0 Å². The van der Waals surface area contributed by atoms with E-state index in [1.54, 1.807) is 0 Å². The van der Waals surface area contributed by atoms with Gasteiger partial charge in [-0.15, -0.1) is 0 Å². The van der Waals surface area contributed by atoms with E-state index in [-0.39, 0.29) is 0 Å². The average molecular weight is 172 g/mol. The highest BCUT2D eigenvalue weighted by Crippen LogP contribution is 2.05. The zero-order valence-corrected chi connectivity index (χ0v) is 7.66. The minimum Gasteiger partial charge on any atom is -0.298 e. The SMILES string of the molecule is CC1C=c2ccc(C=O)cc2=CC1. The highest BCUT2D eigenvalue weighted by molar-refractivity contribution is 5.74. The molecule has 0 heterocycles. The molecule has 0 spiro atoms. The maximum Gasteiger partial charge on any atom is 0.150 e. The highest BCUT2D eigenvalue weighted by Gasteiger charge is 2.01. The van der Waals surface area contributed by atoms with Crippen LogP contribution >= 0.6 is 0 Å². The Bertz CT molecular complexity index is 443. The van der Waals surface area contributed by atoms with Crippen LogP contribution in [0, 0.1) is 5.92 Å². The molecule has 13 heavy (non-hydrogen) atoms. The van der Waals surface area contributed by atoms with Gasteiger partial charge in [0.1, 0.15) is 6.29 Å². The largest absolute Gasteiger partial charge is 0.298 e. The van der Waals surface area contributed by atoms with Gasteiger partial charge in [-0.3, -0.25) is 4.79 Å². The lowest BCUT2D eigenvalue weighted by Gasteiger charge is -2.07. The first kappa shape index (κ1) is 8.24. The van der Waals surface area contributed by atoms with Gasteiger partial charge in [0, 0.05) is 5.56 Å². The number of hydrogen-bond donors (Lipinski definition) is 0. The molecule has 0 saturated heterocycles. The molecule has 0 aliphatic heterocycles. The van der Waals surface area contributed by atoms with Crippen LogP contribution in [0.25, 0.3) is 12.2 Å². The van der Waals surface area contributed by atoms with Gasteiger partial charge in [0.25, 0.3) is 0 Å². The van der Waals surface area contributed by atoms with Gasteiger partial charge in [-0.2, -0.15) is 0 Å². The minimum atomic E-state index is 0.620. The summed E-state index contributed by atoms with van der Waals surface area (Å²) in [5.74, 6) is 0.620. The van der Waals surface area contributed by atoms with Gasteiger partial charge in [0.2, 0.25) is 0 Å². The number of hydrogen-bond acceptors (Lipinski definition) is 1. The fraction of sp³-hybridized carbons (Fsp3) is 0.250. The van der Waals surface area contributed by atoms with Crippen LogP contribution in [0.5, 0.6) is 0 Å². The van der Waals surface area contributed by atoms with Gasteiger partial charge >= 0.3 is 0 Å². The quantitative estimate of drug-likeness (QED) is 0.580. The van der Waals surface area contributed by atoms with E-state index in [0.29, 0.717) is 5.92 Å². The van der Waals surface area contributed by atoms with Crippen LogP contribution in [-0.2, 0) is 0 Å². The van der Waals surface area contributed by atoms with E-state index in [0.717, 1.165) is 18.3 Å². The minimum absolute atomic E-state index is 0.620. The van der Waals surface area contributed by atoms with Crippen molar-refractivity contribution >= 4 is 18.4 Å². The van der Waals surface area contributed by atoms with Crippen LogP contribution < -0.4 is 10.4 Å². The molecule has 1 aromatic carbocycles. The summed E-state index contributed by atoms with van der Waals surface area (Å²) >= 11 is 0. The van der Waals surface area contributed by atoms with Crippen LogP contribution in [0.4, 0.5) is 0 Å². The monoisotopic (exact) mass is 172 g/mol. The van der Waals surface area contributed by atoms with E-state index in [2.05, 4.69) is 19.1 Å². The van der Waals surface area contributed by atoms with E-state index in [1.807, 2.05) is 18.2 Å². The maximum absolute atomic E-state index is 10.5. The predicted octanol–water partition coefficient (Wildman–Crippen LogP) is 1.10. The van der Waals surface area contributed by atoms with Crippen molar-refractivity contribution in [1.82, 2.24) is 0 Å². The van der Waals surface area contributed by atoms with Gasteiger partial charge in [-0.25, -0.2) is 0 Å². The molecule has 1 aliphatic rings. The first-order chi connectivity index (χ1) is 6.29. The summed E-state index contributed by atoms with van der Waals surface area (Å²) in [6.45, 7) is 2.20. The molecule has 1 atom stereocenters. The van der Waals surface area contributed by atoms with Crippen molar-refractivity contribution in [2.45, 2.75) is 13.3 Å². The molecular weight excluding hydrogens is 160 g/mol. The number of aldehydes is 1. The Balaban J connectivity index is 2.67. The van der Waals surface area contributed by atoms with Crippen LogP contribution in [-0.4, -0.2) is 6.29 Å². The number of fused-ring (bicyclic) bond motifs is 1. The van der Waals surface area contributed by atoms with Gasteiger partial charge < -0.3 is 0 Å². The molecule has 0 saturated carbocycles. The Kier molecular flexibility index (Phi) is 2.01. The zero-order valence-electron chi connectivity index (χ0n) is 7.66. The fourth-order valence-electron chi connectivity index (χ4n) is 1.68. The lowest BCUT2D eigenvalue weighted by Crippen LogP contribution is -2.28. The second-order valence-electron chi connectivity index (χ2n) is 3.59. The summed E-state index contributed by atoms with van der Waals surface area (Å²) in [5, 5.41) is 2.45. The first-order valence-corrected chi connectivity index (χ1v) is 4.57. The van der Waals surface area contributed by atoms with E-state index in [9.17, 15) is 4.79 Å². The third-order valence-electron chi connectivity index (χ3n) is 2.42. The fourth-order valence-corrected chi connectivity index (χ4v) is 1.68. The molecule has 0 aromatic heterocycles. The maximum atomic E-state index is 10.5. The number of benzene rings is 1. The Morgan fingerprint density at radius 2 is 2.23 bits per heavy atom. The molecule has 1 aliphatic carbocycles. The Morgan fingerprint density at radius 3 is 3.00 bits per heavy atom. The van der Waals surface area contributed by atoms with Crippen molar-refractivity contribution in [2.24, 2.45) is 5.92 Å². The van der Waals surface area contributed by atoms with Gasteiger partial charge in [0.15, 0.2) is 0 Å². The number of carbonyl (C=O) groups excluding carboxylic acids is 1. The second kappa shape index (κ2) is 3.17. The van der Waals surface area contributed by atoms with Crippen molar-refractivity contribution in [3.63, 3.8) is 0 Å². The van der Waals surface area contributed by atoms with Crippen molar-refractivity contribution in [3.05, 3.63) is 34.2 Å². The van der Waals surface area contributed by atoms with Gasteiger partial charge in [0.05, 0.1) is 0 Å². The summed E-state index contributed by atoms with van der Waals surface area (Å²) in [6, 6.07) is 5.84. The molecular formula is C12H12O. The molecule has 0 amide bonds. The third-order valence-corrected chi connectivity index (χ3v) is 2.42. The van der Waals surface area contributed by atoms with Crippen LogP contribution in [0.2, 0.25) is 0 Å². The molecule has 1 nitrogen and oxygen atoms in total. The Hall–Kier alpha value is -1.37. The van der Waals surface area contributed by atoms with Crippen LogP contribution in [0.1, 0.15) is 23.7 Å². The summed E-state index contributed by atoms with van der Waals surface area (Å²) in [4.78, 5) is 10.5. The summed E-state index contributed by atoms with van der Waals surface area (Å²) in [5.41, 5.74) is 0.762. The number of carbonyl (C=O) groups is 1. The molecule has 1 aromatic rings. The van der Waals surface area contributed by atoms with Crippen molar-refractivity contribution in [3.8, 4) is 0 Å². The summed E-state index contributed by atoms with van der Waals surface area (Å²) in [7, 11) is 0. The predicted molar refractivity (Wildman–Crippen MR) is 53.8 cm³/mol. The zero-order chi connectivity index (χ0) is 9.26. The average Bonchev–Trinajstić information content (AvgIpc) is 2.17. The molecule has 0 radical (unpaired) electrons. The van der Waals surface area contributed by atoms with Gasteiger partial charge in [-0.1, -0.05) is 31.2 Å². The standard InChI is InChI=1S/C12H12O/c1-9-2-4-12-7-10(8-13)3-5-11(12)6-9/h3-9H,2H2,1H3. The van der Waals surface area contributed by atoms with Crippen LogP contribution in [0.15, 0.2) is 18.2 Å². The smallest absolute Gasteiger partial charge is 0.150 e. The molecule has 1 unspecified atom stereocenters. The molecule has 0 N–H and O–H groups in total. The molecule has 2 rings (SSSR count). The first-order valence-electron chi connectivity index (χ1n) is 4.57. The van der Waals surface area contributed by atoms with E-state index in [4.69, 9.17) is 0 Å². The lowest BCUT2D eigenvalue weighted by molar-refractivity contribution is 0.112. The molecule has 0 bridgehead atoms. The van der Waals surface area contributed by atoms with E-state index < -0.39 is 0 Å². The lowest BCUT2D eigenvalue weighted by atomic mass is 9.98.